The number of hydrogen-bond acceptors (Lipinski definition) is 8. The van der Waals surface area contributed by atoms with Gasteiger partial charge in [0.2, 0.25) is 0 Å². The van der Waals surface area contributed by atoms with E-state index in [0.29, 0.717) is 56.3 Å². The predicted octanol–water partition coefficient (Wildman–Crippen LogP) is 7.03. The summed E-state index contributed by atoms with van der Waals surface area (Å²) in [5.41, 5.74) is 1.99. The molecule has 12 heteroatoms. The highest BCUT2D eigenvalue weighted by Crippen LogP contribution is 2.48. The molecule has 8 nitrogen and oxygen atoms in total. The molecule has 0 radical (unpaired) electrons. The molecular formula is C30H34Cl4N2O6. The average Bonchev–Trinajstić information content (AvgIpc) is 3.88. The van der Waals surface area contributed by atoms with Crippen LogP contribution in [0.1, 0.15) is 61.5 Å². The van der Waals surface area contributed by atoms with E-state index in [1.807, 2.05) is 12.1 Å². The number of hydrogen-bond donors (Lipinski definition) is 2. The summed E-state index contributed by atoms with van der Waals surface area (Å²) in [4.78, 5) is 24.6. The lowest BCUT2D eigenvalue weighted by molar-refractivity contribution is -0.147. The smallest absolute Gasteiger partial charge is 0.332 e. The van der Waals surface area contributed by atoms with E-state index in [1.165, 1.54) is 0 Å². The van der Waals surface area contributed by atoms with Crippen molar-refractivity contribution in [1.29, 1.82) is 0 Å². The third-order valence-electron chi connectivity index (χ3n) is 6.89. The number of ether oxygens (including phenoxy) is 4. The summed E-state index contributed by atoms with van der Waals surface area (Å²) in [5, 5.41) is 8.03. The fourth-order valence-electron chi connectivity index (χ4n) is 4.33. The molecule has 2 unspecified atom stereocenters. The number of nitrogens with one attached hydrogen (secondary N) is 2. The molecule has 2 aliphatic carbocycles. The molecule has 0 saturated heterocycles. The summed E-state index contributed by atoms with van der Waals surface area (Å²) in [6, 6.07) is 7.09. The summed E-state index contributed by atoms with van der Waals surface area (Å²) in [7, 11) is 3.30. The molecule has 228 valence electrons. The Labute approximate surface area is 265 Å². The lowest BCUT2D eigenvalue weighted by atomic mass is 10.1. The van der Waals surface area contributed by atoms with Gasteiger partial charge in [0.05, 0.1) is 23.3 Å². The van der Waals surface area contributed by atoms with E-state index < -0.39 is 24.4 Å². The van der Waals surface area contributed by atoms with Crippen molar-refractivity contribution in [2.45, 2.75) is 62.8 Å². The number of carbonyl (C=O) groups excluding carboxylic acids is 2. The van der Waals surface area contributed by atoms with Crippen LogP contribution >= 0.6 is 46.4 Å². The van der Waals surface area contributed by atoms with Crippen LogP contribution in [-0.4, -0.2) is 51.7 Å². The van der Waals surface area contributed by atoms with Crippen molar-refractivity contribution >= 4 is 58.3 Å². The van der Waals surface area contributed by atoms with Gasteiger partial charge in [-0.15, -0.1) is 0 Å². The van der Waals surface area contributed by atoms with Gasteiger partial charge < -0.3 is 18.9 Å². The molecule has 2 N–H and O–H groups in total. The molecule has 2 aromatic rings. The molecule has 2 aliphatic rings. The number of carbonyl (C=O) groups is 2. The van der Waals surface area contributed by atoms with Crippen LogP contribution in [0.2, 0.25) is 20.1 Å². The predicted molar refractivity (Wildman–Crippen MR) is 164 cm³/mol. The van der Waals surface area contributed by atoms with Gasteiger partial charge >= 0.3 is 11.9 Å². The van der Waals surface area contributed by atoms with Crippen molar-refractivity contribution in [3.05, 3.63) is 67.6 Å². The van der Waals surface area contributed by atoms with E-state index >= 15 is 0 Å². The van der Waals surface area contributed by atoms with Gasteiger partial charge in [-0.2, -0.15) is 0 Å². The van der Waals surface area contributed by atoms with Gasteiger partial charge in [0.15, 0.2) is 12.5 Å². The Morgan fingerprint density at radius 1 is 0.738 bits per heavy atom. The van der Waals surface area contributed by atoms with Gasteiger partial charge in [-0.3, -0.25) is 10.6 Å². The Hall–Kier alpha value is -2.20. The summed E-state index contributed by atoms with van der Waals surface area (Å²) >= 11 is 25.4. The quantitative estimate of drug-likeness (QED) is 0.113. The highest BCUT2D eigenvalue weighted by atomic mass is 35.5. The lowest BCUT2D eigenvalue weighted by Crippen LogP contribution is -2.33. The fourth-order valence-corrected chi connectivity index (χ4v) is 5.40. The van der Waals surface area contributed by atoms with E-state index in [2.05, 4.69) is 10.6 Å². The van der Waals surface area contributed by atoms with E-state index in [9.17, 15) is 9.59 Å². The van der Waals surface area contributed by atoms with Crippen molar-refractivity contribution in [2.24, 2.45) is 0 Å². The third-order valence-corrected chi connectivity index (χ3v) is 8.14. The van der Waals surface area contributed by atoms with Crippen LogP contribution in [0.15, 0.2) is 36.4 Å². The molecule has 0 aliphatic heterocycles. The zero-order valence-electron chi connectivity index (χ0n) is 23.4. The van der Waals surface area contributed by atoms with E-state index in [-0.39, 0.29) is 13.2 Å². The first-order valence-corrected chi connectivity index (χ1v) is 15.4. The number of halogens is 4. The normalized spacial score (nSPS) is 16.2. The van der Waals surface area contributed by atoms with Crippen LogP contribution in [0.25, 0.3) is 0 Å². The molecule has 42 heavy (non-hydrogen) atoms. The van der Waals surface area contributed by atoms with Gasteiger partial charge in [0.1, 0.15) is 11.5 Å². The molecule has 0 heterocycles. The Bertz CT molecular complexity index is 1200. The van der Waals surface area contributed by atoms with Crippen molar-refractivity contribution in [2.75, 3.05) is 27.3 Å². The average molecular weight is 660 g/mol. The molecule has 4 rings (SSSR count). The number of benzene rings is 2. The zero-order valence-corrected chi connectivity index (χ0v) is 26.4. The second-order valence-electron chi connectivity index (χ2n) is 10.2. The molecule has 0 bridgehead atoms. The van der Waals surface area contributed by atoms with E-state index in [1.54, 1.807) is 26.2 Å². The first kappa shape index (κ1) is 32.7. The summed E-state index contributed by atoms with van der Waals surface area (Å²) < 4.78 is 22.4. The molecule has 0 amide bonds. The Balaban J connectivity index is 1.18. The first-order valence-electron chi connectivity index (χ1n) is 13.9. The number of rotatable bonds is 16. The zero-order chi connectivity index (χ0) is 30.2. The molecule has 2 atom stereocenters. The van der Waals surface area contributed by atoms with Gasteiger partial charge in [-0.25, -0.2) is 9.59 Å². The standard InChI is InChI=1S/C30H34Cl4N2O6/c1-35-25(9-11-39-23-15-19(31)13-21(29(23)33)17-3-4-17)41-27(37)7-8-28(38)42-26(36-2)10-12-40-24-16-20(32)14-22(30(24)34)18-5-6-18/h7-8,13-18,25-26,35-36H,3-6,9-12H2,1-2H3/b8-7+. The Morgan fingerprint density at radius 2 is 1.12 bits per heavy atom. The molecule has 0 aromatic heterocycles. The van der Waals surface area contributed by atoms with Gasteiger partial charge in [0.25, 0.3) is 0 Å². The van der Waals surface area contributed by atoms with Crippen LogP contribution in [0.3, 0.4) is 0 Å². The van der Waals surface area contributed by atoms with Crippen molar-refractivity contribution in [3.63, 3.8) is 0 Å². The third kappa shape index (κ3) is 9.66. The van der Waals surface area contributed by atoms with Crippen molar-refractivity contribution in [3.8, 4) is 11.5 Å². The maximum atomic E-state index is 12.3. The van der Waals surface area contributed by atoms with Gasteiger partial charge in [-0.05, 0) is 74.9 Å². The maximum absolute atomic E-state index is 12.3. The highest BCUT2D eigenvalue weighted by Gasteiger charge is 2.29. The van der Waals surface area contributed by atoms with E-state index in [4.69, 9.17) is 65.4 Å². The van der Waals surface area contributed by atoms with E-state index in [0.717, 1.165) is 49.0 Å². The Kier molecular flexibility index (Phi) is 12.1. The van der Waals surface area contributed by atoms with Gasteiger partial charge in [0, 0.05) is 47.2 Å². The SMILES string of the molecule is CNC(CCOc1cc(Cl)cc(C2CC2)c1Cl)OC(=O)/C=C/C(=O)OC(CCOc1cc(Cl)cc(C2CC2)c1Cl)NC. The molecule has 2 aromatic carbocycles. The number of esters is 2. The highest BCUT2D eigenvalue weighted by molar-refractivity contribution is 6.35. The molecular weight excluding hydrogens is 626 g/mol. The molecule has 2 fully saturated rings. The summed E-state index contributed by atoms with van der Waals surface area (Å²) in [6.07, 6.45) is 5.73. The minimum Gasteiger partial charge on any atom is -0.492 e. The van der Waals surface area contributed by atoms with Crippen LogP contribution in [-0.2, 0) is 19.1 Å². The largest absolute Gasteiger partial charge is 0.492 e. The minimum absolute atomic E-state index is 0.225. The van der Waals surface area contributed by atoms with Crippen LogP contribution in [0.4, 0.5) is 0 Å². The second kappa shape index (κ2) is 15.5. The van der Waals surface area contributed by atoms with Crippen molar-refractivity contribution in [1.82, 2.24) is 10.6 Å². The second-order valence-corrected chi connectivity index (χ2v) is 11.8. The maximum Gasteiger partial charge on any atom is 0.332 e. The van der Waals surface area contributed by atoms with Gasteiger partial charge in [-0.1, -0.05) is 46.4 Å². The Morgan fingerprint density at radius 3 is 1.45 bits per heavy atom. The van der Waals surface area contributed by atoms with Crippen molar-refractivity contribution < 1.29 is 28.5 Å². The topological polar surface area (TPSA) is 95.1 Å². The van der Waals surface area contributed by atoms with Crippen LogP contribution in [0.5, 0.6) is 11.5 Å². The summed E-state index contributed by atoms with van der Waals surface area (Å²) in [5.74, 6) is 0.418. The molecule has 2 saturated carbocycles. The first-order chi connectivity index (χ1) is 20.2. The van der Waals surface area contributed by atoms with Crippen LogP contribution in [0, 0.1) is 0 Å². The monoisotopic (exact) mass is 658 g/mol. The molecule has 0 spiro atoms. The fraction of sp³-hybridized carbons (Fsp3) is 0.467. The van der Waals surface area contributed by atoms with Crippen LogP contribution < -0.4 is 20.1 Å². The minimum atomic E-state index is -0.713. The lowest BCUT2D eigenvalue weighted by Gasteiger charge is -2.18. The summed E-state index contributed by atoms with van der Waals surface area (Å²) in [6.45, 7) is 0.450.